The van der Waals surface area contributed by atoms with Crippen molar-refractivity contribution in [3.05, 3.63) is 0 Å². The largest absolute Gasteiger partial charge is 0.377 e. The van der Waals surface area contributed by atoms with Crippen molar-refractivity contribution in [3.63, 3.8) is 0 Å². The van der Waals surface area contributed by atoms with E-state index in [0.29, 0.717) is 12.5 Å². The molecule has 1 fully saturated rings. The average Bonchev–Trinajstić information content (AvgIpc) is 2.51. The fourth-order valence-corrected chi connectivity index (χ4v) is 1.82. The molecule has 0 bridgehead atoms. The lowest BCUT2D eigenvalue weighted by Gasteiger charge is -2.22. The Morgan fingerprint density at radius 3 is 2.73 bits per heavy atom. The number of rotatable bonds is 4. The van der Waals surface area contributed by atoms with Gasteiger partial charge < -0.3 is 15.0 Å². The molecule has 3 unspecified atom stereocenters. The predicted octanol–water partition coefficient (Wildman–Crippen LogP) is 0.620. The first-order chi connectivity index (χ1) is 7.00. The number of ether oxygens (including phenoxy) is 1. The van der Waals surface area contributed by atoms with Gasteiger partial charge in [0.15, 0.2) is 0 Å². The van der Waals surface area contributed by atoms with Gasteiger partial charge in [-0.25, -0.2) is 0 Å². The molecule has 4 nitrogen and oxygen atoms in total. The topological polar surface area (TPSA) is 41.6 Å². The van der Waals surface area contributed by atoms with Crippen LogP contribution in [0.15, 0.2) is 0 Å². The normalized spacial score (nSPS) is 27.7. The molecule has 3 atom stereocenters. The zero-order valence-electron chi connectivity index (χ0n) is 10.1. The monoisotopic (exact) mass is 214 g/mol. The molecule has 1 amide bonds. The second-order valence-electron chi connectivity index (χ2n) is 4.53. The summed E-state index contributed by atoms with van der Waals surface area (Å²) in [6.45, 7) is 4.95. The van der Waals surface area contributed by atoms with Gasteiger partial charge in [-0.05, 0) is 20.3 Å². The average molecular weight is 214 g/mol. The maximum atomic E-state index is 11.5. The van der Waals surface area contributed by atoms with Crippen molar-refractivity contribution >= 4 is 5.91 Å². The van der Waals surface area contributed by atoms with Gasteiger partial charge in [0.05, 0.1) is 6.10 Å². The molecule has 1 saturated heterocycles. The highest BCUT2D eigenvalue weighted by molar-refractivity contribution is 5.76. The molecule has 15 heavy (non-hydrogen) atoms. The molecule has 0 aromatic carbocycles. The lowest BCUT2D eigenvalue weighted by Crippen LogP contribution is -2.42. The summed E-state index contributed by atoms with van der Waals surface area (Å²) in [4.78, 5) is 13.1. The lowest BCUT2D eigenvalue weighted by atomic mass is 10.1. The van der Waals surface area contributed by atoms with Crippen LogP contribution < -0.4 is 5.32 Å². The van der Waals surface area contributed by atoms with Crippen LogP contribution in [0.3, 0.4) is 0 Å². The molecule has 1 rings (SSSR count). The fourth-order valence-electron chi connectivity index (χ4n) is 1.82. The first-order valence-electron chi connectivity index (χ1n) is 5.58. The van der Waals surface area contributed by atoms with E-state index in [1.165, 1.54) is 0 Å². The maximum absolute atomic E-state index is 11.5. The van der Waals surface area contributed by atoms with Crippen molar-refractivity contribution < 1.29 is 9.53 Å². The van der Waals surface area contributed by atoms with Crippen LogP contribution in [0, 0.1) is 0 Å². The summed E-state index contributed by atoms with van der Waals surface area (Å²) in [6.07, 6.45) is 1.86. The lowest BCUT2D eigenvalue weighted by molar-refractivity contribution is -0.129. The summed E-state index contributed by atoms with van der Waals surface area (Å²) >= 11 is 0. The minimum absolute atomic E-state index is 0.168. The second-order valence-corrected chi connectivity index (χ2v) is 4.53. The molecule has 88 valence electrons. The number of carbonyl (C=O) groups excluding carboxylic acids is 1. The van der Waals surface area contributed by atoms with Crippen molar-refractivity contribution in [2.45, 2.75) is 44.9 Å². The summed E-state index contributed by atoms with van der Waals surface area (Å²) in [5, 5.41) is 3.44. The van der Waals surface area contributed by atoms with Gasteiger partial charge in [0.1, 0.15) is 0 Å². The highest BCUT2D eigenvalue weighted by Gasteiger charge is 2.25. The van der Waals surface area contributed by atoms with Gasteiger partial charge in [0, 0.05) is 39.2 Å². The zero-order chi connectivity index (χ0) is 11.4. The smallest absolute Gasteiger partial charge is 0.223 e. The van der Waals surface area contributed by atoms with E-state index in [4.69, 9.17) is 4.74 Å². The van der Waals surface area contributed by atoms with Crippen LogP contribution in [0.2, 0.25) is 0 Å². The molecule has 1 N–H and O–H groups in total. The Morgan fingerprint density at radius 1 is 1.60 bits per heavy atom. The molecule has 0 aromatic heterocycles. The molecule has 0 spiro atoms. The quantitative estimate of drug-likeness (QED) is 0.746. The van der Waals surface area contributed by atoms with E-state index in [1.807, 2.05) is 6.92 Å². The Hall–Kier alpha value is -0.610. The van der Waals surface area contributed by atoms with Crippen molar-refractivity contribution in [1.82, 2.24) is 10.2 Å². The van der Waals surface area contributed by atoms with Gasteiger partial charge in [-0.2, -0.15) is 0 Å². The number of amides is 1. The number of nitrogens with zero attached hydrogens (tertiary/aromatic N) is 1. The molecule has 0 saturated carbocycles. The molecule has 0 aliphatic carbocycles. The van der Waals surface area contributed by atoms with Crippen LogP contribution in [-0.4, -0.2) is 49.7 Å². The molecular weight excluding hydrogens is 192 g/mol. The maximum Gasteiger partial charge on any atom is 0.223 e. The highest BCUT2D eigenvalue weighted by Crippen LogP contribution is 2.13. The number of hydrogen-bond acceptors (Lipinski definition) is 3. The summed E-state index contributed by atoms with van der Waals surface area (Å²) in [5.74, 6) is 0.168. The van der Waals surface area contributed by atoms with E-state index in [-0.39, 0.29) is 18.1 Å². The summed E-state index contributed by atoms with van der Waals surface area (Å²) in [6, 6.07) is 0.615. The molecule has 1 heterocycles. The second kappa shape index (κ2) is 5.47. The minimum Gasteiger partial charge on any atom is -0.377 e. The van der Waals surface area contributed by atoms with Crippen LogP contribution >= 0.6 is 0 Å². The first kappa shape index (κ1) is 12.5. The van der Waals surface area contributed by atoms with Crippen LogP contribution in [0.5, 0.6) is 0 Å². The van der Waals surface area contributed by atoms with E-state index in [2.05, 4.69) is 12.2 Å². The Bertz CT molecular complexity index is 219. The third kappa shape index (κ3) is 3.80. The van der Waals surface area contributed by atoms with Crippen LogP contribution in [0.1, 0.15) is 26.7 Å². The van der Waals surface area contributed by atoms with Gasteiger partial charge in [0.25, 0.3) is 0 Å². The molecule has 0 radical (unpaired) electrons. The molecule has 1 aliphatic rings. The third-order valence-electron chi connectivity index (χ3n) is 2.85. The number of hydrogen-bond donors (Lipinski definition) is 1. The zero-order valence-corrected chi connectivity index (χ0v) is 10.1. The van der Waals surface area contributed by atoms with Gasteiger partial charge >= 0.3 is 0 Å². The highest BCUT2D eigenvalue weighted by atomic mass is 16.5. The SMILES string of the molecule is CC(CC(=O)N(C)C)NC1CCOC1C. The minimum atomic E-state index is 0.168. The van der Waals surface area contributed by atoms with Crippen molar-refractivity contribution in [2.24, 2.45) is 0 Å². The van der Waals surface area contributed by atoms with Gasteiger partial charge in [-0.1, -0.05) is 0 Å². The van der Waals surface area contributed by atoms with E-state index >= 15 is 0 Å². The predicted molar refractivity (Wildman–Crippen MR) is 59.7 cm³/mol. The first-order valence-corrected chi connectivity index (χ1v) is 5.58. The summed E-state index contributed by atoms with van der Waals surface area (Å²) < 4.78 is 5.46. The molecule has 0 aromatic rings. The fraction of sp³-hybridized carbons (Fsp3) is 0.909. The van der Waals surface area contributed by atoms with E-state index in [1.54, 1.807) is 19.0 Å². The van der Waals surface area contributed by atoms with E-state index in [9.17, 15) is 4.79 Å². The third-order valence-corrected chi connectivity index (χ3v) is 2.85. The van der Waals surface area contributed by atoms with Crippen molar-refractivity contribution in [3.8, 4) is 0 Å². The molecule has 1 aliphatic heterocycles. The Labute approximate surface area is 92.0 Å². The van der Waals surface area contributed by atoms with E-state index in [0.717, 1.165) is 13.0 Å². The van der Waals surface area contributed by atoms with Crippen molar-refractivity contribution in [2.75, 3.05) is 20.7 Å². The Balaban J connectivity index is 2.29. The molecular formula is C11H22N2O2. The Kier molecular flexibility index (Phi) is 4.54. The van der Waals surface area contributed by atoms with Gasteiger partial charge in [-0.3, -0.25) is 4.79 Å². The standard InChI is InChI=1S/C11H22N2O2/c1-8(7-11(14)13(3)4)12-10-5-6-15-9(10)2/h8-10,12H,5-7H2,1-4H3. The van der Waals surface area contributed by atoms with Gasteiger partial charge in [-0.15, -0.1) is 0 Å². The van der Waals surface area contributed by atoms with Gasteiger partial charge in [0.2, 0.25) is 5.91 Å². The van der Waals surface area contributed by atoms with Crippen molar-refractivity contribution in [1.29, 1.82) is 0 Å². The summed E-state index contributed by atoms with van der Waals surface area (Å²) in [5.41, 5.74) is 0. The number of carbonyl (C=O) groups is 1. The molecule has 4 heteroatoms. The van der Waals surface area contributed by atoms with E-state index < -0.39 is 0 Å². The van der Waals surface area contributed by atoms with Crippen LogP contribution in [0.25, 0.3) is 0 Å². The Morgan fingerprint density at radius 2 is 2.27 bits per heavy atom. The summed E-state index contributed by atoms with van der Waals surface area (Å²) in [7, 11) is 3.58. The number of nitrogens with one attached hydrogen (secondary N) is 1. The van der Waals surface area contributed by atoms with Crippen LogP contribution in [0.4, 0.5) is 0 Å². The van der Waals surface area contributed by atoms with Crippen LogP contribution in [-0.2, 0) is 9.53 Å².